The fourth-order valence-electron chi connectivity index (χ4n) is 4.20. The molecule has 0 bridgehead atoms. The number of aliphatic carboxylic acids is 1. The van der Waals surface area contributed by atoms with E-state index in [-0.39, 0.29) is 0 Å². The van der Waals surface area contributed by atoms with Gasteiger partial charge in [0.25, 0.3) is 0 Å². The smallest absolute Gasteiger partial charge is 0.413 e. The normalized spacial score (nSPS) is 11.7. The van der Waals surface area contributed by atoms with Crippen molar-refractivity contribution in [3.63, 3.8) is 0 Å². The van der Waals surface area contributed by atoms with Crippen LogP contribution in [0.2, 0.25) is 0 Å². The summed E-state index contributed by atoms with van der Waals surface area (Å²) in [5.74, 6) is -0.924. The van der Waals surface area contributed by atoms with Crippen molar-refractivity contribution >= 4 is 24.1 Å². The monoisotopic (exact) mass is 523 g/mol. The lowest BCUT2D eigenvalue weighted by molar-refractivity contribution is -0.129. The summed E-state index contributed by atoms with van der Waals surface area (Å²) in [4.78, 5) is 34.6. The summed E-state index contributed by atoms with van der Waals surface area (Å²) < 4.78 is 5.37. The molecule has 0 saturated carbocycles. The predicted octanol–water partition coefficient (Wildman–Crippen LogP) is 6.47. The minimum absolute atomic E-state index is 0.311. The lowest BCUT2D eigenvalue weighted by atomic mass is 9.77. The Hall–Kier alpha value is -4.98. The summed E-state index contributed by atoms with van der Waals surface area (Å²) in [6.07, 6.45) is 0.0991. The zero-order valence-corrected chi connectivity index (χ0v) is 21.9. The molecule has 0 spiro atoms. The Morgan fingerprint density at radius 3 is 2.00 bits per heavy atom. The Morgan fingerprint density at radius 1 is 0.821 bits per heavy atom. The third kappa shape index (κ3) is 6.48. The van der Waals surface area contributed by atoms with E-state index in [1.54, 1.807) is 32.9 Å². The molecule has 2 N–H and O–H groups in total. The van der Waals surface area contributed by atoms with Crippen LogP contribution in [0.5, 0.6) is 0 Å². The molecule has 4 aromatic rings. The Balaban J connectivity index is 1.91. The minimum Gasteiger partial charge on any atom is -0.477 e. The molecule has 1 aromatic heterocycles. The number of carboxylic acid groups (broad SMARTS) is 1. The first kappa shape index (κ1) is 27.1. The van der Waals surface area contributed by atoms with Gasteiger partial charge in [0, 0.05) is 22.3 Å². The third-order valence-electron chi connectivity index (χ3n) is 5.67. The molecule has 8 nitrogen and oxygen atoms in total. The summed E-state index contributed by atoms with van der Waals surface area (Å²) in [7, 11) is 0. The molecular weight excluding hydrogens is 494 g/mol. The topological polar surface area (TPSA) is 110 Å². The number of nitrogens with one attached hydrogen (secondary N) is 1. The van der Waals surface area contributed by atoms with E-state index >= 15 is 0 Å². The molecule has 39 heavy (non-hydrogen) atoms. The van der Waals surface area contributed by atoms with Crippen molar-refractivity contribution in [3.05, 3.63) is 120 Å². The van der Waals surface area contributed by atoms with Gasteiger partial charge in [-0.3, -0.25) is 5.32 Å². The second-order valence-electron chi connectivity index (χ2n) is 9.66. The van der Waals surface area contributed by atoms with Gasteiger partial charge in [-0.15, -0.1) is 0 Å². The summed E-state index contributed by atoms with van der Waals surface area (Å²) in [5.41, 5.74) is 1.40. The molecule has 0 fully saturated rings. The number of carbonyl (C=O) groups excluding carboxylic acids is 1. The summed E-state index contributed by atoms with van der Waals surface area (Å²) in [5, 5.41) is 15.8. The van der Waals surface area contributed by atoms with Crippen molar-refractivity contribution in [2.75, 3.05) is 5.32 Å². The number of pyridine rings is 1. The second-order valence-corrected chi connectivity index (χ2v) is 9.66. The quantitative estimate of drug-likeness (QED) is 0.155. The maximum Gasteiger partial charge on any atom is 0.413 e. The molecule has 0 radical (unpaired) electrons. The lowest BCUT2D eigenvalue weighted by Gasteiger charge is -2.34. The zero-order chi connectivity index (χ0) is 27.9. The van der Waals surface area contributed by atoms with E-state index in [0.29, 0.717) is 28.9 Å². The van der Waals surface area contributed by atoms with Gasteiger partial charge in [0.05, 0.1) is 5.69 Å². The second kappa shape index (κ2) is 11.6. The van der Waals surface area contributed by atoms with Crippen LogP contribution in [0.15, 0.2) is 108 Å². The van der Waals surface area contributed by atoms with E-state index in [0.717, 1.165) is 11.1 Å². The van der Waals surface area contributed by atoms with Crippen molar-refractivity contribution in [1.29, 1.82) is 0 Å². The third-order valence-corrected chi connectivity index (χ3v) is 5.67. The van der Waals surface area contributed by atoms with Gasteiger partial charge in [0.2, 0.25) is 5.60 Å². The van der Waals surface area contributed by atoms with Crippen molar-refractivity contribution in [3.8, 4) is 11.3 Å². The Morgan fingerprint density at radius 2 is 1.41 bits per heavy atom. The number of carboxylic acids is 1. The van der Waals surface area contributed by atoms with Crippen molar-refractivity contribution in [2.24, 2.45) is 5.16 Å². The maximum atomic E-state index is 12.4. The maximum absolute atomic E-state index is 12.4. The first-order valence-electron chi connectivity index (χ1n) is 12.3. The van der Waals surface area contributed by atoms with Crippen molar-refractivity contribution in [1.82, 2.24) is 4.98 Å². The van der Waals surface area contributed by atoms with E-state index < -0.39 is 23.3 Å². The molecule has 0 saturated heterocycles. The number of hydrogen-bond donors (Lipinski definition) is 2. The summed E-state index contributed by atoms with van der Waals surface area (Å²) >= 11 is 0. The van der Waals surface area contributed by atoms with Crippen LogP contribution in [-0.4, -0.2) is 34.0 Å². The van der Waals surface area contributed by atoms with Gasteiger partial charge in [0.1, 0.15) is 11.4 Å². The summed E-state index contributed by atoms with van der Waals surface area (Å²) in [6.45, 7) is 5.35. The number of anilines is 1. The Bertz CT molecular complexity index is 1430. The summed E-state index contributed by atoms with van der Waals surface area (Å²) in [6, 6.07) is 31.7. The van der Waals surface area contributed by atoms with E-state index in [2.05, 4.69) is 15.5 Å². The van der Waals surface area contributed by atoms with E-state index in [9.17, 15) is 14.7 Å². The molecule has 0 aliphatic carbocycles. The number of amides is 1. The number of oxime groups is 1. The number of benzene rings is 3. The minimum atomic E-state index is -1.33. The standard InChI is InChI=1S/C31H29N3O5/c1-30(2,3)38-29(37)34-27-20-12-19-26(33-27)24-17-10-11-18-25(24)31(39-32-21-28(35)36,22-13-6-4-7-14-22)23-15-8-5-9-16-23/h4-21H,1-3H3,(H,35,36)(H,33,34,37)/b32-21-. The molecule has 1 amide bonds. The van der Waals surface area contributed by atoms with Gasteiger partial charge in [-0.2, -0.15) is 0 Å². The number of nitrogens with zero attached hydrogens (tertiary/aromatic N) is 2. The Kier molecular flexibility index (Phi) is 8.05. The number of aromatic nitrogens is 1. The number of carbonyl (C=O) groups is 2. The van der Waals surface area contributed by atoms with Crippen molar-refractivity contribution in [2.45, 2.75) is 32.0 Å². The first-order valence-corrected chi connectivity index (χ1v) is 12.3. The molecule has 0 atom stereocenters. The molecule has 0 aliphatic rings. The van der Waals surface area contributed by atoms with Gasteiger partial charge in [-0.05, 0) is 32.9 Å². The van der Waals surface area contributed by atoms with Crippen LogP contribution in [-0.2, 0) is 20.0 Å². The molecule has 8 heteroatoms. The van der Waals surface area contributed by atoms with Gasteiger partial charge >= 0.3 is 12.1 Å². The van der Waals surface area contributed by atoms with Crippen LogP contribution in [0.1, 0.15) is 37.5 Å². The van der Waals surface area contributed by atoms with Crippen LogP contribution < -0.4 is 5.32 Å². The van der Waals surface area contributed by atoms with Crippen LogP contribution in [0.4, 0.5) is 10.6 Å². The molecule has 0 unspecified atom stereocenters. The highest BCUT2D eigenvalue weighted by Gasteiger charge is 2.41. The molecule has 3 aromatic carbocycles. The molecule has 4 rings (SSSR count). The zero-order valence-electron chi connectivity index (χ0n) is 21.9. The van der Waals surface area contributed by atoms with Crippen LogP contribution in [0.25, 0.3) is 11.3 Å². The van der Waals surface area contributed by atoms with Gasteiger partial charge in [0.15, 0.2) is 6.21 Å². The van der Waals surface area contributed by atoms with Crippen LogP contribution >= 0.6 is 0 Å². The highest BCUT2D eigenvalue weighted by molar-refractivity contribution is 6.21. The largest absolute Gasteiger partial charge is 0.477 e. The van der Waals surface area contributed by atoms with E-state index in [1.807, 2.05) is 91.0 Å². The SMILES string of the molecule is CC(C)(C)OC(=O)Nc1cccc(-c2ccccc2C(O/N=C\C(=O)O)(c2ccccc2)c2ccccc2)n1. The lowest BCUT2D eigenvalue weighted by Crippen LogP contribution is -2.32. The number of rotatable bonds is 8. The van der Waals surface area contributed by atoms with Gasteiger partial charge in [-0.1, -0.05) is 96.2 Å². The highest BCUT2D eigenvalue weighted by atomic mass is 16.7. The fourth-order valence-corrected chi connectivity index (χ4v) is 4.20. The van der Waals surface area contributed by atoms with Crippen LogP contribution in [0, 0.1) is 0 Å². The molecule has 198 valence electrons. The Labute approximate surface area is 226 Å². The molecule has 1 heterocycles. The molecular formula is C31H29N3O5. The highest BCUT2D eigenvalue weighted by Crippen LogP contribution is 2.44. The average molecular weight is 524 g/mol. The predicted molar refractivity (Wildman–Crippen MR) is 150 cm³/mol. The van der Waals surface area contributed by atoms with Gasteiger partial charge < -0.3 is 14.7 Å². The molecule has 0 aliphatic heterocycles. The van der Waals surface area contributed by atoms with E-state index in [4.69, 9.17) is 9.57 Å². The van der Waals surface area contributed by atoms with Gasteiger partial charge in [-0.25, -0.2) is 14.6 Å². The number of hydrogen-bond acceptors (Lipinski definition) is 6. The van der Waals surface area contributed by atoms with Crippen molar-refractivity contribution < 1.29 is 24.3 Å². The fraction of sp³-hybridized carbons (Fsp3) is 0.161. The average Bonchev–Trinajstić information content (AvgIpc) is 2.91. The number of ether oxygens (including phenoxy) is 1. The van der Waals surface area contributed by atoms with E-state index in [1.165, 1.54) is 0 Å². The first-order chi connectivity index (χ1) is 18.7. The van der Waals surface area contributed by atoms with Crippen LogP contribution in [0.3, 0.4) is 0 Å².